The van der Waals surface area contributed by atoms with Gasteiger partial charge in [-0.05, 0) is 50.7 Å². The van der Waals surface area contributed by atoms with Gasteiger partial charge >= 0.3 is 0 Å². The van der Waals surface area contributed by atoms with Crippen molar-refractivity contribution >= 4 is 11.6 Å². The highest BCUT2D eigenvalue weighted by atomic mass is 35.5. The van der Waals surface area contributed by atoms with Gasteiger partial charge in [0.2, 0.25) is 0 Å². The maximum absolute atomic E-state index is 6.01. The molecule has 2 aliphatic heterocycles. The van der Waals surface area contributed by atoms with Gasteiger partial charge in [0.1, 0.15) is 12.4 Å². The van der Waals surface area contributed by atoms with Gasteiger partial charge in [-0.1, -0.05) is 23.7 Å². The van der Waals surface area contributed by atoms with Crippen LogP contribution in [0.5, 0.6) is 0 Å². The van der Waals surface area contributed by atoms with Gasteiger partial charge in [-0.15, -0.1) is 0 Å². The highest BCUT2D eigenvalue weighted by molar-refractivity contribution is 6.30. The normalized spacial score (nSPS) is 22.1. The Labute approximate surface area is 153 Å². The van der Waals surface area contributed by atoms with Crippen LogP contribution in [0, 0.1) is 0 Å². The summed E-state index contributed by atoms with van der Waals surface area (Å²) in [4.78, 5) is 6.92. The number of aromatic nitrogens is 2. The predicted molar refractivity (Wildman–Crippen MR) is 99.8 cm³/mol. The van der Waals surface area contributed by atoms with Crippen LogP contribution in [-0.4, -0.2) is 53.3 Å². The second-order valence-corrected chi connectivity index (χ2v) is 7.53. The van der Waals surface area contributed by atoms with Crippen molar-refractivity contribution in [1.29, 1.82) is 0 Å². The summed E-state index contributed by atoms with van der Waals surface area (Å²) >= 11 is 6.01. The molecule has 2 aromatic rings. The number of rotatable bonds is 4. The fourth-order valence-corrected chi connectivity index (χ4v) is 3.79. The summed E-state index contributed by atoms with van der Waals surface area (Å²) in [6.45, 7) is 4.66. The lowest BCUT2D eigenvalue weighted by molar-refractivity contribution is 0.000898. The Hall–Kier alpha value is -1.40. The molecule has 5 nitrogen and oxygen atoms in total. The van der Waals surface area contributed by atoms with E-state index in [4.69, 9.17) is 16.3 Å². The number of ether oxygens (including phenoxy) is 1. The molecule has 25 heavy (non-hydrogen) atoms. The third kappa shape index (κ3) is 3.90. The van der Waals surface area contributed by atoms with E-state index in [0.29, 0.717) is 12.6 Å². The third-order valence-electron chi connectivity index (χ3n) is 5.27. The first kappa shape index (κ1) is 17.0. The number of halogens is 1. The Kier molecular flexibility index (Phi) is 5.08. The average Bonchev–Trinajstić information content (AvgIpc) is 3.05. The number of benzene rings is 1. The molecule has 0 amide bonds. The molecule has 4 rings (SSSR count). The maximum atomic E-state index is 6.01. The summed E-state index contributed by atoms with van der Waals surface area (Å²) in [5.74, 6) is 1.00. The van der Waals surface area contributed by atoms with Crippen molar-refractivity contribution < 1.29 is 4.74 Å². The van der Waals surface area contributed by atoms with Gasteiger partial charge in [0.25, 0.3) is 0 Å². The first-order valence-electron chi connectivity index (χ1n) is 9.03. The average molecular weight is 361 g/mol. The van der Waals surface area contributed by atoms with E-state index in [0.717, 1.165) is 35.2 Å². The standard InChI is InChI=1S/C19H25ClN4O/c1-23-8-6-16(7-9-23)21-10-17-12-24-18(11-22-19(24)13-25-17)14-2-4-15(20)5-3-14/h2-5,11,16-17,21H,6-10,12-13H2,1H3. The summed E-state index contributed by atoms with van der Waals surface area (Å²) in [5, 5.41) is 4.45. The number of piperidine rings is 1. The molecule has 1 fully saturated rings. The lowest BCUT2D eigenvalue weighted by atomic mass is 10.1. The van der Waals surface area contributed by atoms with Crippen molar-refractivity contribution in [1.82, 2.24) is 19.8 Å². The molecule has 0 bridgehead atoms. The van der Waals surface area contributed by atoms with Gasteiger partial charge in [-0.25, -0.2) is 4.98 Å². The minimum absolute atomic E-state index is 0.187. The van der Waals surface area contributed by atoms with E-state index in [1.54, 1.807) is 0 Å². The van der Waals surface area contributed by atoms with Crippen LogP contribution in [0.15, 0.2) is 30.5 Å². The molecule has 2 aliphatic rings. The molecule has 0 radical (unpaired) electrons. The van der Waals surface area contributed by atoms with Gasteiger partial charge in [0.15, 0.2) is 0 Å². The van der Waals surface area contributed by atoms with Crippen molar-refractivity contribution in [3.8, 4) is 11.3 Å². The van der Waals surface area contributed by atoms with E-state index in [1.165, 1.54) is 25.9 Å². The van der Waals surface area contributed by atoms with Gasteiger partial charge < -0.3 is 19.5 Å². The number of hydrogen-bond donors (Lipinski definition) is 1. The van der Waals surface area contributed by atoms with E-state index in [-0.39, 0.29) is 6.10 Å². The van der Waals surface area contributed by atoms with E-state index in [9.17, 15) is 0 Å². The Balaban J connectivity index is 1.40. The molecule has 1 aromatic heterocycles. The Morgan fingerprint density at radius 2 is 2.00 bits per heavy atom. The SMILES string of the molecule is CN1CCC(NCC2Cn3c(-c4ccc(Cl)cc4)cnc3CO2)CC1. The predicted octanol–water partition coefficient (Wildman–Crippen LogP) is 2.79. The Bertz CT molecular complexity index is 707. The second kappa shape index (κ2) is 7.46. The van der Waals surface area contributed by atoms with Crippen LogP contribution in [0.2, 0.25) is 5.02 Å². The van der Waals surface area contributed by atoms with E-state index >= 15 is 0 Å². The fourth-order valence-electron chi connectivity index (χ4n) is 3.67. The number of nitrogens with zero attached hydrogens (tertiary/aromatic N) is 3. The maximum Gasteiger partial charge on any atom is 0.135 e. The molecule has 1 unspecified atom stereocenters. The van der Waals surface area contributed by atoms with Crippen LogP contribution in [0.4, 0.5) is 0 Å². The molecule has 1 aromatic carbocycles. The summed E-state index contributed by atoms with van der Waals surface area (Å²) in [7, 11) is 2.19. The molecule has 134 valence electrons. The van der Waals surface area contributed by atoms with Crippen LogP contribution in [0.25, 0.3) is 11.3 Å². The summed E-state index contributed by atoms with van der Waals surface area (Å²) in [5.41, 5.74) is 2.28. The monoisotopic (exact) mass is 360 g/mol. The van der Waals surface area contributed by atoms with Gasteiger partial charge in [-0.3, -0.25) is 0 Å². The molecule has 1 N–H and O–H groups in total. The van der Waals surface area contributed by atoms with Crippen LogP contribution < -0.4 is 5.32 Å². The first-order valence-corrected chi connectivity index (χ1v) is 9.41. The van der Waals surface area contributed by atoms with Crippen molar-refractivity contribution in [2.75, 3.05) is 26.7 Å². The molecule has 6 heteroatoms. The van der Waals surface area contributed by atoms with Crippen LogP contribution in [0.3, 0.4) is 0 Å². The molecule has 0 aliphatic carbocycles. The van der Waals surface area contributed by atoms with E-state index in [1.807, 2.05) is 30.5 Å². The minimum Gasteiger partial charge on any atom is -0.367 e. The summed E-state index contributed by atoms with van der Waals surface area (Å²) in [6, 6.07) is 8.56. The van der Waals surface area contributed by atoms with Crippen LogP contribution in [0.1, 0.15) is 18.7 Å². The molecular weight excluding hydrogens is 336 g/mol. The molecule has 1 atom stereocenters. The smallest absolute Gasteiger partial charge is 0.135 e. The molecule has 3 heterocycles. The molecule has 0 saturated carbocycles. The zero-order valence-corrected chi connectivity index (χ0v) is 15.4. The summed E-state index contributed by atoms with van der Waals surface area (Å²) in [6.07, 6.45) is 4.56. The van der Waals surface area contributed by atoms with Crippen LogP contribution >= 0.6 is 11.6 Å². The van der Waals surface area contributed by atoms with Crippen molar-refractivity contribution in [2.45, 2.75) is 38.1 Å². The van der Waals surface area contributed by atoms with Gasteiger partial charge in [0.05, 0.1) is 24.5 Å². The quantitative estimate of drug-likeness (QED) is 0.910. The zero-order valence-electron chi connectivity index (χ0n) is 14.6. The number of nitrogens with one attached hydrogen (secondary N) is 1. The lowest BCUT2D eigenvalue weighted by Crippen LogP contribution is -2.45. The van der Waals surface area contributed by atoms with Gasteiger partial charge in [-0.2, -0.15) is 0 Å². The Morgan fingerprint density at radius 1 is 1.24 bits per heavy atom. The van der Waals surface area contributed by atoms with E-state index < -0.39 is 0 Å². The highest BCUT2D eigenvalue weighted by Crippen LogP contribution is 2.26. The van der Waals surface area contributed by atoms with Crippen molar-refractivity contribution in [3.05, 3.63) is 41.3 Å². The molecular formula is C19H25ClN4O. The third-order valence-corrected chi connectivity index (χ3v) is 5.52. The summed E-state index contributed by atoms with van der Waals surface area (Å²) < 4.78 is 8.29. The van der Waals surface area contributed by atoms with Crippen molar-refractivity contribution in [3.63, 3.8) is 0 Å². The topological polar surface area (TPSA) is 42.3 Å². The fraction of sp³-hybridized carbons (Fsp3) is 0.526. The zero-order chi connectivity index (χ0) is 17.2. The number of imidazole rings is 1. The number of hydrogen-bond acceptors (Lipinski definition) is 4. The largest absolute Gasteiger partial charge is 0.367 e. The van der Waals surface area contributed by atoms with E-state index in [2.05, 4.69) is 26.8 Å². The first-order chi connectivity index (χ1) is 12.2. The van der Waals surface area contributed by atoms with Gasteiger partial charge in [0, 0.05) is 17.6 Å². The number of fused-ring (bicyclic) bond motifs is 1. The lowest BCUT2D eigenvalue weighted by Gasteiger charge is -2.32. The van der Waals surface area contributed by atoms with Crippen LogP contribution in [-0.2, 0) is 17.9 Å². The number of likely N-dealkylation sites (tertiary alicyclic amines) is 1. The minimum atomic E-state index is 0.187. The molecule has 1 saturated heterocycles. The second-order valence-electron chi connectivity index (χ2n) is 7.10. The highest BCUT2D eigenvalue weighted by Gasteiger charge is 2.24. The Morgan fingerprint density at radius 3 is 2.76 bits per heavy atom. The van der Waals surface area contributed by atoms with Crippen molar-refractivity contribution in [2.24, 2.45) is 0 Å². The molecule has 0 spiro atoms.